The highest BCUT2D eigenvalue weighted by Gasteiger charge is 2.81. The zero-order valence-corrected chi connectivity index (χ0v) is 20.9. The predicted molar refractivity (Wildman–Crippen MR) is 112 cm³/mol. The van der Waals surface area contributed by atoms with Crippen LogP contribution in [0.4, 0.5) is 13.2 Å². The van der Waals surface area contributed by atoms with Crippen LogP contribution >= 0.6 is 15.2 Å². The molecular formula is C17H28F3NO8P2S. The van der Waals surface area contributed by atoms with Crippen molar-refractivity contribution in [3.05, 3.63) is 29.8 Å². The molecule has 0 fully saturated rings. The van der Waals surface area contributed by atoms with Crippen molar-refractivity contribution >= 4 is 25.2 Å². The summed E-state index contributed by atoms with van der Waals surface area (Å²) in [4.78, 5) is -0.601. The second-order valence-corrected chi connectivity index (χ2v) is 12.7. The summed E-state index contributed by atoms with van der Waals surface area (Å²) in [5.41, 5.74) is 0.634. The maximum absolute atomic E-state index is 14.8. The van der Waals surface area contributed by atoms with Crippen LogP contribution in [-0.2, 0) is 37.2 Å². The molecule has 32 heavy (non-hydrogen) atoms. The maximum Gasteiger partial charge on any atom is 0.431 e. The number of sulfonamides is 1. The van der Waals surface area contributed by atoms with Crippen LogP contribution in [0.25, 0.3) is 0 Å². The fraction of sp³-hybridized carbons (Fsp3) is 0.647. The highest BCUT2D eigenvalue weighted by molar-refractivity contribution is 7.91. The average Bonchev–Trinajstić information content (AvgIpc) is 2.66. The zero-order valence-electron chi connectivity index (χ0n) is 18.3. The van der Waals surface area contributed by atoms with E-state index in [1.54, 1.807) is 6.92 Å². The van der Waals surface area contributed by atoms with Crippen molar-refractivity contribution in [2.24, 2.45) is 0 Å². The van der Waals surface area contributed by atoms with Crippen molar-refractivity contribution in [3.63, 3.8) is 0 Å². The molecule has 1 aromatic carbocycles. The summed E-state index contributed by atoms with van der Waals surface area (Å²) in [7, 11) is -16.3. The number of rotatable bonds is 13. The highest BCUT2D eigenvalue weighted by Crippen LogP contribution is 2.81. The van der Waals surface area contributed by atoms with Gasteiger partial charge in [-0.2, -0.15) is 17.9 Å². The third-order valence-corrected chi connectivity index (χ3v) is 11.9. The predicted octanol–water partition coefficient (Wildman–Crippen LogP) is 5.02. The third kappa shape index (κ3) is 5.64. The van der Waals surface area contributed by atoms with Crippen LogP contribution < -0.4 is 4.72 Å². The molecule has 0 aliphatic heterocycles. The van der Waals surface area contributed by atoms with Gasteiger partial charge in [0.1, 0.15) is 0 Å². The Hall–Kier alpha value is -0.780. The maximum atomic E-state index is 14.8. The minimum absolute atomic E-state index is 0.584. The molecule has 15 heteroatoms. The van der Waals surface area contributed by atoms with Crippen LogP contribution in [0.1, 0.15) is 33.3 Å². The van der Waals surface area contributed by atoms with E-state index in [4.69, 9.17) is 18.1 Å². The highest BCUT2D eigenvalue weighted by atomic mass is 32.2. The molecule has 1 rings (SSSR count). The lowest BCUT2D eigenvalue weighted by molar-refractivity contribution is -0.154. The van der Waals surface area contributed by atoms with E-state index in [0.717, 1.165) is 12.1 Å². The summed E-state index contributed by atoms with van der Waals surface area (Å²) in [6.07, 6.45) is -5.80. The largest absolute Gasteiger partial charge is 0.431 e. The van der Waals surface area contributed by atoms with Gasteiger partial charge in [-0.15, -0.1) is 0 Å². The van der Waals surface area contributed by atoms with Crippen LogP contribution in [-0.4, -0.2) is 46.0 Å². The molecule has 0 aliphatic rings. The van der Waals surface area contributed by atoms with Gasteiger partial charge in [-0.1, -0.05) is 17.7 Å². The van der Waals surface area contributed by atoms with Crippen LogP contribution in [0.2, 0.25) is 0 Å². The van der Waals surface area contributed by atoms with Crippen molar-refractivity contribution in [1.82, 2.24) is 4.72 Å². The molecule has 0 aromatic heterocycles. The molecule has 0 radical (unpaired) electrons. The number of hydrogen-bond donors (Lipinski definition) is 1. The average molecular weight is 525 g/mol. The molecule has 1 aromatic rings. The minimum atomic E-state index is -5.80. The van der Waals surface area contributed by atoms with Gasteiger partial charge in [0, 0.05) is 0 Å². The first kappa shape index (κ1) is 29.3. The monoisotopic (exact) mass is 525 g/mol. The Morgan fingerprint density at radius 2 is 1.16 bits per heavy atom. The standard InChI is InChI=1S/C17H28F3NO8P2S/c1-6-26-30(22,27-7-2)17(16(18,19)20,31(23,28-8-3)29-9-4)21-32(24,25)15-12-10-14(5)11-13-15/h10-13,21H,6-9H2,1-5H3. The van der Waals surface area contributed by atoms with E-state index >= 15 is 0 Å². The van der Waals surface area contributed by atoms with Gasteiger partial charge in [-0.3, -0.25) is 9.13 Å². The Morgan fingerprint density at radius 3 is 1.44 bits per heavy atom. The van der Waals surface area contributed by atoms with E-state index in [1.165, 1.54) is 44.5 Å². The summed E-state index contributed by atoms with van der Waals surface area (Å²) in [6.45, 7) is 4.17. The summed E-state index contributed by atoms with van der Waals surface area (Å²) >= 11 is 0. The molecule has 0 amide bonds. The van der Waals surface area contributed by atoms with Gasteiger partial charge < -0.3 is 18.1 Å². The lowest BCUT2D eigenvalue weighted by Gasteiger charge is -2.42. The Balaban J connectivity index is 4.05. The first-order valence-corrected chi connectivity index (χ1v) is 14.2. The van der Waals surface area contributed by atoms with Gasteiger partial charge in [0.05, 0.1) is 31.3 Å². The first-order chi connectivity index (χ1) is 14.7. The normalized spacial score (nSPS) is 14.0. The Labute approximate surface area is 186 Å². The van der Waals surface area contributed by atoms with Gasteiger partial charge in [-0.25, -0.2) is 8.42 Å². The Morgan fingerprint density at radius 1 is 0.812 bits per heavy atom. The SMILES string of the molecule is CCOP(=O)(OCC)C(NS(=O)(=O)c1ccc(C)cc1)(C(F)(F)F)P(=O)(OCC)OCC. The van der Waals surface area contributed by atoms with Crippen molar-refractivity contribution in [1.29, 1.82) is 0 Å². The molecule has 0 bridgehead atoms. The van der Waals surface area contributed by atoms with E-state index in [-0.39, 0.29) is 0 Å². The molecule has 186 valence electrons. The van der Waals surface area contributed by atoms with Crippen LogP contribution in [0.3, 0.4) is 0 Å². The zero-order chi connectivity index (χ0) is 24.8. The van der Waals surface area contributed by atoms with Crippen LogP contribution in [0, 0.1) is 6.92 Å². The van der Waals surface area contributed by atoms with E-state index in [1.807, 2.05) is 0 Å². The molecule has 0 atom stereocenters. The fourth-order valence-electron chi connectivity index (χ4n) is 2.72. The van der Waals surface area contributed by atoms with Crippen molar-refractivity contribution < 1.29 is 48.8 Å². The summed E-state index contributed by atoms with van der Waals surface area (Å²) < 4.78 is 118. The van der Waals surface area contributed by atoms with Gasteiger partial charge in [0.15, 0.2) is 0 Å². The van der Waals surface area contributed by atoms with Gasteiger partial charge in [-0.05, 0) is 46.8 Å². The molecular weight excluding hydrogens is 497 g/mol. The second kappa shape index (κ2) is 11.1. The van der Waals surface area contributed by atoms with Crippen LogP contribution in [0.5, 0.6) is 0 Å². The fourth-order valence-corrected chi connectivity index (χ4v) is 10.2. The second-order valence-electron chi connectivity index (χ2n) is 6.25. The summed E-state index contributed by atoms with van der Waals surface area (Å²) in [6, 6.07) is 4.77. The minimum Gasteiger partial charge on any atom is -0.307 e. The third-order valence-electron chi connectivity index (χ3n) is 3.99. The molecule has 0 saturated heterocycles. The van der Waals surface area contributed by atoms with Gasteiger partial charge in [0.2, 0.25) is 10.0 Å². The molecule has 0 spiro atoms. The molecule has 1 N–H and O–H groups in total. The molecule has 9 nitrogen and oxygen atoms in total. The topological polar surface area (TPSA) is 117 Å². The van der Waals surface area contributed by atoms with Crippen molar-refractivity contribution in [2.45, 2.75) is 50.7 Å². The van der Waals surface area contributed by atoms with Gasteiger partial charge in [0.25, 0.3) is 0 Å². The smallest absolute Gasteiger partial charge is 0.307 e. The number of hydrogen-bond acceptors (Lipinski definition) is 8. The number of benzene rings is 1. The quantitative estimate of drug-likeness (QED) is 0.357. The van der Waals surface area contributed by atoms with E-state index < -0.39 is 67.7 Å². The number of alkyl halides is 3. The summed E-state index contributed by atoms with van der Waals surface area (Å²) in [5, 5.41) is -4.38. The number of aryl methyl sites for hydroxylation is 1. The van der Waals surface area contributed by atoms with E-state index in [0.29, 0.717) is 5.56 Å². The van der Waals surface area contributed by atoms with E-state index in [2.05, 4.69) is 0 Å². The first-order valence-electron chi connectivity index (χ1n) is 9.66. The molecule has 0 unspecified atom stereocenters. The molecule has 0 heterocycles. The Bertz CT molecular complexity index is 904. The van der Waals surface area contributed by atoms with E-state index in [9.17, 15) is 30.7 Å². The van der Waals surface area contributed by atoms with Gasteiger partial charge >= 0.3 is 26.4 Å². The molecule has 0 saturated carbocycles. The molecule has 0 aliphatic carbocycles. The van der Waals surface area contributed by atoms with Crippen LogP contribution in [0.15, 0.2) is 29.2 Å². The Kier molecular flexibility index (Phi) is 10.1. The lowest BCUT2D eigenvalue weighted by Crippen LogP contribution is -2.59. The number of halogens is 3. The van der Waals surface area contributed by atoms with Crippen molar-refractivity contribution in [2.75, 3.05) is 26.4 Å². The van der Waals surface area contributed by atoms with Crippen molar-refractivity contribution in [3.8, 4) is 0 Å². The lowest BCUT2D eigenvalue weighted by atomic mass is 10.2. The number of nitrogens with one attached hydrogen (secondary N) is 1. The summed E-state index contributed by atoms with van der Waals surface area (Å²) in [5.74, 6) is 0.